The smallest absolute Gasteiger partial charge is 0.208 e. The average molecular weight is 312 g/mol. The Morgan fingerprint density at radius 2 is 2.10 bits per heavy atom. The maximum absolute atomic E-state index is 14.1. The second kappa shape index (κ2) is 6.51. The molecule has 2 rings (SSSR count). The summed E-state index contributed by atoms with van der Waals surface area (Å²) in [6, 6.07) is 5.21. The SMILES string of the molecule is CNC(C)c1cccc(F)c1Sc1nnc(N(C)C)s1. The Hall–Kier alpha value is -1.18. The van der Waals surface area contributed by atoms with E-state index in [1.807, 2.05) is 39.0 Å². The first-order valence-corrected chi connectivity index (χ1v) is 7.80. The molecule has 2 aromatic rings. The van der Waals surface area contributed by atoms with Gasteiger partial charge in [-0.25, -0.2) is 4.39 Å². The maximum atomic E-state index is 14.1. The number of hydrogen-bond donors (Lipinski definition) is 1. The van der Waals surface area contributed by atoms with Crippen molar-refractivity contribution in [2.45, 2.75) is 22.2 Å². The van der Waals surface area contributed by atoms with Gasteiger partial charge in [-0.3, -0.25) is 0 Å². The molecule has 0 spiro atoms. The highest BCUT2D eigenvalue weighted by Gasteiger charge is 2.16. The summed E-state index contributed by atoms with van der Waals surface area (Å²) in [6.45, 7) is 2.00. The van der Waals surface area contributed by atoms with E-state index in [0.29, 0.717) is 4.90 Å². The van der Waals surface area contributed by atoms with Crippen LogP contribution in [-0.2, 0) is 0 Å². The second-order valence-electron chi connectivity index (χ2n) is 4.52. The Balaban J connectivity index is 2.32. The highest BCUT2D eigenvalue weighted by atomic mass is 32.2. The highest BCUT2D eigenvalue weighted by Crippen LogP contribution is 2.37. The highest BCUT2D eigenvalue weighted by molar-refractivity contribution is 8.01. The monoisotopic (exact) mass is 312 g/mol. The molecule has 0 aliphatic rings. The van der Waals surface area contributed by atoms with Crippen LogP contribution in [0.15, 0.2) is 27.4 Å². The summed E-state index contributed by atoms with van der Waals surface area (Å²) < 4.78 is 14.8. The van der Waals surface area contributed by atoms with E-state index >= 15 is 0 Å². The third-order valence-corrected chi connectivity index (χ3v) is 5.14. The molecule has 0 saturated carbocycles. The molecule has 0 amide bonds. The summed E-state index contributed by atoms with van der Waals surface area (Å²) in [5.74, 6) is -0.226. The molecule has 20 heavy (non-hydrogen) atoms. The first-order valence-electron chi connectivity index (χ1n) is 6.17. The quantitative estimate of drug-likeness (QED) is 0.918. The van der Waals surface area contributed by atoms with Gasteiger partial charge in [0.1, 0.15) is 5.82 Å². The van der Waals surface area contributed by atoms with Crippen LogP contribution in [0.3, 0.4) is 0 Å². The lowest BCUT2D eigenvalue weighted by atomic mass is 10.1. The fraction of sp³-hybridized carbons (Fsp3) is 0.385. The fourth-order valence-corrected chi connectivity index (χ4v) is 3.57. The van der Waals surface area contributed by atoms with Gasteiger partial charge in [-0.1, -0.05) is 35.2 Å². The van der Waals surface area contributed by atoms with E-state index in [2.05, 4.69) is 15.5 Å². The Labute approximate surface area is 126 Å². The van der Waals surface area contributed by atoms with Gasteiger partial charge in [0.05, 0.1) is 4.90 Å². The molecule has 0 saturated heterocycles. The van der Waals surface area contributed by atoms with Gasteiger partial charge in [0, 0.05) is 20.1 Å². The largest absolute Gasteiger partial charge is 0.353 e. The van der Waals surface area contributed by atoms with Gasteiger partial charge in [0.25, 0.3) is 0 Å². The van der Waals surface area contributed by atoms with Crippen LogP contribution < -0.4 is 10.2 Å². The van der Waals surface area contributed by atoms with Crippen LogP contribution in [-0.4, -0.2) is 31.3 Å². The molecule has 0 fully saturated rings. The summed E-state index contributed by atoms with van der Waals surface area (Å²) in [4.78, 5) is 2.50. The van der Waals surface area contributed by atoms with Crippen molar-refractivity contribution in [3.05, 3.63) is 29.6 Å². The van der Waals surface area contributed by atoms with Crippen LogP contribution >= 0.6 is 23.1 Å². The summed E-state index contributed by atoms with van der Waals surface area (Å²) in [6.07, 6.45) is 0. The minimum absolute atomic E-state index is 0.0782. The molecule has 108 valence electrons. The number of benzene rings is 1. The predicted molar refractivity (Wildman–Crippen MR) is 82.2 cm³/mol. The maximum Gasteiger partial charge on any atom is 0.208 e. The first kappa shape index (κ1) is 15.2. The zero-order chi connectivity index (χ0) is 14.7. The van der Waals surface area contributed by atoms with E-state index < -0.39 is 0 Å². The van der Waals surface area contributed by atoms with Crippen molar-refractivity contribution in [1.82, 2.24) is 15.5 Å². The standard InChI is InChI=1S/C13H17FN4S2/c1-8(15-2)9-6-5-7-10(14)11(9)19-13-17-16-12(20-13)18(3)4/h5-8,15H,1-4H3. The molecule has 0 radical (unpaired) electrons. The van der Waals surface area contributed by atoms with Gasteiger partial charge in [-0.2, -0.15) is 0 Å². The molecule has 1 heterocycles. The van der Waals surface area contributed by atoms with Gasteiger partial charge in [0.15, 0.2) is 4.34 Å². The zero-order valence-electron chi connectivity index (χ0n) is 11.8. The lowest BCUT2D eigenvalue weighted by Crippen LogP contribution is -2.13. The third kappa shape index (κ3) is 3.28. The molecule has 1 aromatic heterocycles. The molecule has 0 bridgehead atoms. The van der Waals surface area contributed by atoms with E-state index in [-0.39, 0.29) is 11.9 Å². The molecule has 0 aliphatic carbocycles. The number of nitrogens with one attached hydrogen (secondary N) is 1. The van der Waals surface area contributed by atoms with Crippen molar-refractivity contribution in [3.63, 3.8) is 0 Å². The van der Waals surface area contributed by atoms with Gasteiger partial charge in [0.2, 0.25) is 5.13 Å². The zero-order valence-corrected chi connectivity index (χ0v) is 13.5. The van der Waals surface area contributed by atoms with Crippen LogP contribution in [0, 0.1) is 5.82 Å². The number of rotatable bonds is 5. The van der Waals surface area contributed by atoms with Crippen LogP contribution in [0.25, 0.3) is 0 Å². The van der Waals surface area contributed by atoms with Gasteiger partial charge >= 0.3 is 0 Å². The normalized spacial score (nSPS) is 12.4. The minimum atomic E-state index is -0.226. The van der Waals surface area contributed by atoms with Gasteiger partial charge in [-0.15, -0.1) is 10.2 Å². The molecule has 1 aromatic carbocycles. The predicted octanol–water partition coefficient (Wildman–Crippen LogP) is 3.17. The van der Waals surface area contributed by atoms with Crippen LogP contribution in [0.5, 0.6) is 0 Å². The van der Waals surface area contributed by atoms with Crippen molar-refractivity contribution < 1.29 is 4.39 Å². The van der Waals surface area contributed by atoms with E-state index in [4.69, 9.17) is 0 Å². The van der Waals surface area contributed by atoms with Crippen molar-refractivity contribution in [2.75, 3.05) is 26.0 Å². The molecular weight excluding hydrogens is 295 g/mol. The molecular formula is C13H17FN4S2. The van der Waals surface area contributed by atoms with E-state index in [1.165, 1.54) is 29.2 Å². The Morgan fingerprint density at radius 1 is 1.35 bits per heavy atom. The molecule has 1 N–H and O–H groups in total. The summed E-state index contributed by atoms with van der Waals surface area (Å²) >= 11 is 2.78. The Bertz CT molecular complexity index is 586. The van der Waals surface area contributed by atoms with Crippen molar-refractivity contribution in [2.24, 2.45) is 0 Å². The van der Waals surface area contributed by atoms with Gasteiger partial charge in [-0.05, 0) is 25.6 Å². The van der Waals surface area contributed by atoms with E-state index in [9.17, 15) is 4.39 Å². The number of anilines is 1. The average Bonchev–Trinajstić information content (AvgIpc) is 2.89. The number of hydrogen-bond acceptors (Lipinski definition) is 6. The number of nitrogens with zero attached hydrogens (tertiary/aromatic N) is 3. The van der Waals surface area contributed by atoms with Gasteiger partial charge < -0.3 is 10.2 Å². The molecule has 4 nitrogen and oxygen atoms in total. The summed E-state index contributed by atoms with van der Waals surface area (Å²) in [7, 11) is 5.68. The topological polar surface area (TPSA) is 41.1 Å². The lowest BCUT2D eigenvalue weighted by molar-refractivity contribution is 0.576. The van der Waals surface area contributed by atoms with E-state index in [1.54, 1.807) is 6.07 Å². The molecule has 1 atom stereocenters. The summed E-state index contributed by atoms with van der Waals surface area (Å²) in [5.41, 5.74) is 0.930. The third-order valence-electron chi connectivity index (χ3n) is 2.86. The Kier molecular flexibility index (Phi) is 4.95. The van der Waals surface area contributed by atoms with E-state index in [0.717, 1.165) is 15.0 Å². The number of halogens is 1. The Morgan fingerprint density at radius 3 is 2.70 bits per heavy atom. The molecule has 1 unspecified atom stereocenters. The molecule has 7 heteroatoms. The van der Waals surface area contributed by atoms with Crippen LogP contribution in [0.4, 0.5) is 9.52 Å². The van der Waals surface area contributed by atoms with Crippen LogP contribution in [0.1, 0.15) is 18.5 Å². The first-order chi connectivity index (χ1) is 9.52. The van der Waals surface area contributed by atoms with Crippen molar-refractivity contribution in [1.29, 1.82) is 0 Å². The van der Waals surface area contributed by atoms with Crippen LogP contribution in [0.2, 0.25) is 0 Å². The fourth-order valence-electron chi connectivity index (χ4n) is 1.64. The minimum Gasteiger partial charge on any atom is -0.353 e. The van der Waals surface area contributed by atoms with Crippen molar-refractivity contribution >= 4 is 28.2 Å². The second-order valence-corrected chi connectivity index (χ2v) is 6.73. The number of aromatic nitrogens is 2. The summed E-state index contributed by atoms with van der Waals surface area (Å²) in [5, 5.41) is 12.1. The molecule has 0 aliphatic heterocycles. The van der Waals surface area contributed by atoms with Crippen molar-refractivity contribution in [3.8, 4) is 0 Å². The lowest BCUT2D eigenvalue weighted by Gasteiger charge is -2.15.